The number of ketones is 1. The Kier molecular flexibility index (Phi) is 7.83. The Balaban J connectivity index is 1.94. The van der Waals surface area contributed by atoms with Gasteiger partial charge in [0.25, 0.3) is 10.1 Å². The zero-order chi connectivity index (χ0) is 24.2. The average Bonchev–Trinajstić information content (AvgIpc) is 3.03. The van der Waals surface area contributed by atoms with Crippen molar-refractivity contribution in [3.63, 3.8) is 0 Å². The molecule has 2 aromatic heterocycles. The van der Waals surface area contributed by atoms with Crippen LogP contribution in [0.2, 0.25) is 5.02 Å². The van der Waals surface area contributed by atoms with Gasteiger partial charge in [-0.15, -0.1) is 5.10 Å². The van der Waals surface area contributed by atoms with E-state index >= 15 is 0 Å². The molecule has 0 aliphatic rings. The Morgan fingerprint density at radius 3 is 2.58 bits per heavy atom. The Bertz CT molecular complexity index is 1300. The minimum Gasteiger partial charge on any atom is -0.298 e. The summed E-state index contributed by atoms with van der Waals surface area (Å²) in [5.41, 5.74) is 1.14. The van der Waals surface area contributed by atoms with Crippen LogP contribution in [0.15, 0.2) is 47.4 Å². The highest BCUT2D eigenvalue weighted by Gasteiger charge is 2.19. The summed E-state index contributed by atoms with van der Waals surface area (Å²) in [5.74, 6) is 0.417. The molecule has 33 heavy (non-hydrogen) atoms. The van der Waals surface area contributed by atoms with Crippen molar-refractivity contribution < 1.29 is 17.4 Å². The van der Waals surface area contributed by atoms with E-state index in [0.29, 0.717) is 34.2 Å². The molecule has 0 radical (unpaired) electrons. The Morgan fingerprint density at radius 1 is 1.21 bits per heavy atom. The van der Waals surface area contributed by atoms with Crippen LogP contribution in [-0.4, -0.2) is 46.4 Å². The van der Waals surface area contributed by atoms with Gasteiger partial charge in [-0.25, -0.2) is 4.79 Å². The Hall–Kier alpha value is -2.82. The molecule has 0 aliphatic carbocycles. The molecule has 0 spiro atoms. The van der Waals surface area contributed by atoms with Gasteiger partial charge in [0, 0.05) is 29.1 Å². The van der Waals surface area contributed by atoms with Crippen molar-refractivity contribution in [2.24, 2.45) is 5.92 Å². The molecular weight excluding hydrogens is 468 g/mol. The first-order valence-corrected chi connectivity index (χ1v) is 12.5. The van der Waals surface area contributed by atoms with E-state index in [1.165, 1.54) is 15.4 Å². The normalized spacial score (nSPS) is 11.8. The first-order chi connectivity index (χ1) is 15.5. The number of benzene rings is 1. The van der Waals surface area contributed by atoms with Crippen molar-refractivity contribution in [2.75, 3.05) is 12.9 Å². The van der Waals surface area contributed by atoms with Gasteiger partial charge >= 0.3 is 5.69 Å². The highest BCUT2D eigenvalue weighted by Crippen LogP contribution is 2.21. The fourth-order valence-electron chi connectivity index (χ4n) is 3.23. The predicted octanol–water partition coefficient (Wildman–Crippen LogP) is 2.88. The molecule has 0 saturated heterocycles. The van der Waals surface area contributed by atoms with Gasteiger partial charge in [0.15, 0.2) is 11.6 Å². The summed E-state index contributed by atoms with van der Waals surface area (Å²) in [6.07, 6.45) is 3.08. The van der Waals surface area contributed by atoms with Crippen molar-refractivity contribution >= 4 is 27.5 Å². The van der Waals surface area contributed by atoms with Crippen LogP contribution >= 0.6 is 11.6 Å². The maximum atomic E-state index is 13.2. The van der Waals surface area contributed by atoms with E-state index in [1.54, 1.807) is 36.4 Å². The first kappa shape index (κ1) is 24.8. The summed E-state index contributed by atoms with van der Waals surface area (Å²) in [6, 6.07) is 10.2. The lowest BCUT2D eigenvalue weighted by atomic mass is 10.1. The molecule has 9 nitrogen and oxygen atoms in total. The molecular formula is C22H25ClN4O5S. The smallest absolute Gasteiger partial charge is 0.298 e. The van der Waals surface area contributed by atoms with Gasteiger partial charge in [-0.1, -0.05) is 37.6 Å². The van der Waals surface area contributed by atoms with Crippen LogP contribution in [0.1, 0.15) is 26.0 Å². The predicted molar refractivity (Wildman–Crippen MR) is 125 cm³/mol. The summed E-state index contributed by atoms with van der Waals surface area (Å²) >= 11 is 6.13. The third-order valence-corrected chi connectivity index (χ3v) is 5.45. The minimum atomic E-state index is -3.52. The summed E-state index contributed by atoms with van der Waals surface area (Å²) in [6.45, 7) is 3.75. The van der Waals surface area contributed by atoms with Crippen LogP contribution in [0.25, 0.3) is 17.1 Å². The fourth-order valence-corrected chi connectivity index (χ4v) is 3.81. The van der Waals surface area contributed by atoms with Gasteiger partial charge in [0.1, 0.15) is 0 Å². The topological polar surface area (TPSA) is 113 Å². The van der Waals surface area contributed by atoms with Gasteiger partial charge in [-0.2, -0.15) is 13.1 Å². The Morgan fingerprint density at radius 2 is 1.97 bits per heavy atom. The zero-order valence-electron chi connectivity index (χ0n) is 18.6. The number of nitrogens with zero attached hydrogens (tertiary/aromatic N) is 4. The number of carbonyl (C=O) groups excluding carboxylic acids is 1. The van der Waals surface area contributed by atoms with Crippen molar-refractivity contribution in [1.29, 1.82) is 0 Å². The third-order valence-electron chi connectivity index (χ3n) is 4.62. The fraction of sp³-hybridized carbons (Fsp3) is 0.364. The summed E-state index contributed by atoms with van der Waals surface area (Å²) < 4.78 is 29.4. The van der Waals surface area contributed by atoms with Gasteiger partial charge in [-0.3, -0.25) is 18.5 Å². The molecule has 0 fully saturated rings. The lowest BCUT2D eigenvalue weighted by Gasteiger charge is -2.07. The maximum Gasteiger partial charge on any atom is 0.351 e. The average molecular weight is 493 g/mol. The molecule has 0 aliphatic heterocycles. The van der Waals surface area contributed by atoms with Crippen molar-refractivity contribution in [1.82, 2.24) is 19.3 Å². The molecule has 0 N–H and O–H groups in total. The number of hydrogen-bond donors (Lipinski definition) is 0. The third kappa shape index (κ3) is 6.83. The van der Waals surface area contributed by atoms with Crippen LogP contribution in [-0.2, 0) is 32.1 Å². The van der Waals surface area contributed by atoms with E-state index in [-0.39, 0.29) is 31.3 Å². The van der Waals surface area contributed by atoms with Gasteiger partial charge in [0.05, 0.1) is 31.3 Å². The molecule has 0 bridgehead atoms. The minimum absolute atomic E-state index is 0.0311. The molecule has 3 aromatic rings. The number of hydrogen-bond acceptors (Lipinski definition) is 7. The number of carbonyl (C=O) groups is 1. The molecule has 2 heterocycles. The lowest BCUT2D eigenvalue weighted by Crippen LogP contribution is -2.27. The monoisotopic (exact) mass is 492 g/mol. The summed E-state index contributed by atoms with van der Waals surface area (Å²) in [5, 5.41) is 4.94. The number of rotatable bonds is 10. The lowest BCUT2D eigenvalue weighted by molar-refractivity contribution is -0.120. The van der Waals surface area contributed by atoms with Crippen LogP contribution < -0.4 is 5.69 Å². The van der Waals surface area contributed by atoms with Gasteiger partial charge in [0.2, 0.25) is 0 Å². The second kappa shape index (κ2) is 10.4. The molecule has 3 rings (SSSR count). The van der Waals surface area contributed by atoms with Gasteiger partial charge < -0.3 is 0 Å². The number of pyridine rings is 1. The molecule has 0 unspecified atom stereocenters. The molecule has 0 saturated carbocycles. The zero-order valence-corrected chi connectivity index (χ0v) is 20.1. The second-order valence-corrected chi connectivity index (χ2v) is 10.1. The Labute approximate surface area is 197 Å². The summed E-state index contributed by atoms with van der Waals surface area (Å²) in [7, 11) is -3.52. The van der Waals surface area contributed by atoms with Gasteiger partial charge in [-0.05, 0) is 30.2 Å². The number of halogens is 1. The van der Waals surface area contributed by atoms with E-state index in [1.807, 2.05) is 13.8 Å². The maximum absolute atomic E-state index is 13.2. The van der Waals surface area contributed by atoms with Crippen LogP contribution in [0, 0.1) is 5.92 Å². The van der Waals surface area contributed by atoms with E-state index < -0.39 is 15.8 Å². The largest absolute Gasteiger partial charge is 0.351 e. The molecule has 0 amide bonds. The van der Waals surface area contributed by atoms with Crippen LogP contribution in [0.5, 0.6) is 0 Å². The second-order valence-electron chi connectivity index (χ2n) is 8.03. The van der Waals surface area contributed by atoms with E-state index in [9.17, 15) is 18.0 Å². The van der Waals surface area contributed by atoms with Crippen molar-refractivity contribution in [3.05, 3.63) is 63.8 Å². The number of aromatic nitrogens is 4. The molecule has 176 valence electrons. The quantitative estimate of drug-likeness (QED) is 0.400. The highest BCUT2D eigenvalue weighted by atomic mass is 35.5. The number of Topliss-reactive ketones (excluding diaryl/α,β-unsaturated/α-hetero) is 1. The standard InChI is InChI=1S/C22H25ClN4O5S/c1-15(2)11-20(28)14-26-21(16-5-4-6-17(23)12-16)25-27(22(26)29)19-8-7-18(24-13-19)9-10-32-33(3,30)31/h4-8,12-13,15H,9-11,14H2,1-3H3. The van der Waals surface area contributed by atoms with E-state index in [4.69, 9.17) is 15.8 Å². The van der Waals surface area contributed by atoms with Crippen LogP contribution in [0.3, 0.4) is 0 Å². The molecule has 1 aromatic carbocycles. The van der Waals surface area contributed by atoms with E-state index in [2.05, 4.69) is 10.1 Å². The molecule has 11 heteroatoms. The molecule has 0 atom stereocenters. The first-order valence-electron chi connectivity index (χ1n) is 10.3. The highest BCUT2D eigenvalue weighted by molar-refractivity contribution is 7.85. The van der Waals surface area contributed by atoms with Crippen molar-refractivity contribution in [2.45, 2.75) is 33.2 Å². The SMILES string of the molecule is CC(C)CC(=O)Cn1c(-c2cccc(Cl)c2)nn(-c2ccc(CCOS(C)(=O)=O)nc2)c1=O. The van der Waals surface area contributed by atoms with E-state index in [0.717, 1.165) is 6.26 Å². The van der Waals surface area contributed by atoms with Crippen LogP contribution in [0.4, 0.5) is 0 Å². The van der Waals surface area contributed by atoms with Crippen molar-refractivity contribution in [3.8, 4) is 17.1 Å². The summed E-state index contributed by atoms with van der Waals surface area (Å²) in [4.78, 5) is 30.0.